The summed E-state index contributed by atoms with van der Waals surface area (Å²) >= 11 is 0. The Kier molecular flexibility index (Phi) is 2.94. The predicted octanol–water partition coefficient (Wildman–Crippen LogP) is 2.06. The molecule has 3 aromatic rings. The lowest BCUT2D eigenvalue weighted by atomic mass is 10.2. The van der Waals surface area contributed by atoms with Gasteiger partial charge in [-0.2, -0.15) is 5.10 Å². The number of fused-ring (bicyclic) bond motifs is 1. The van der Waals surface area contributed by atoms with Crippen molar-refractivity contribution in [1.82, 2.24) is 25.4 Å². The van der Waals surface area contributed by atoms with Crippen LogP contribution < -0.4 is 5.32 Å². The Morgan fingerprint density at radius 3 is 2.90 bits per heavy atom. The predicted molar refractivity (Wildman–Crippen MR) is 74.5 cm³/mol. The van der Waals surface area contributed by atoms with Gasteiger partial charge in [-0.15, -0.1) is 5.10 Å². The Morgan fingerprint density at radius 2 is 2.15 bits per heavy atom. The highest BCUT2D eigenvalue weighted by Gasteiger charge is 2.14. The van der Waals surface area contributed by atoms with Crippen molar-refractivity contribution in [2.75, 3.05) is 5.32 Å². The van der Waals surface area contributed by atoms with Crippen molar-refractivity contribution in [1.29, 1.82) is 0 Å². The molecule has 0 saturated heterocycles. The van der Waals surface area contributed by atoms with Crippen LogP contribution in [0.3, 0.4) is 0 Å². The van der Waals surface area contributed by atoms with E-state index in [-0.39, 0.29) is 17.6 Å². The molecule has 102 valence electrons. The Labute approximate surface area is 114 Å². The first kappa shape index (κ1) is 12.3. The van der Waals surface area contributed by atoms with Crippen LogP contribution >= 0.6 is 0 Å². The molecule has 0 fully saturated rings. The summed E-state index contributed by atoms with van der Waals surface area (Å²) in [6.07, 6.45) is 1.70. The van der Waals surface area contributed by atoms with E-state index in [9.17, 15) is 4.79 Å². The van der Waals surface area contributed by atoms with Crippen LogP contribution in [0.5, 0.6) is 0 Å². The normalized spacial score (nSPS) is 11.2. The minimum atomic E-state index is -0.337. The van der Waals surface area contributed by atoms with Crippen LogP contribution in [0, 0.1) is 0 Å². The molecule has 0 unspecified atom stereocenters. The van der Waals surface area contributed by atoms with Crippen LogP contribution in [0.1, 0.15) is 36.2 Å². The van der Waals surface area contributed by atoms with Crippen molar-refractivity contribution in [2.45, 2.75) is 19.8 Å². The standard InChI is InChI=1S/C13H14N6O/c1-7(2)11-16-12(19-18-11)13(20)15-9-3-4-10-8(5-9)6-14-17-10/h3-7H,1-2H3,(H,14,17)(H,15,20)(H,16,18,19). The van der Waals surface area contributed by atoms with Crippen LogP contribution in [0.15, 0.2) is 24.4 Å². The number of nitrogens with one attached hydrogen (secondary N) is 3. The molecule has 7 heteroatoms. The average Bonchev–Trinajstić information content (AvgIpc) is 3.07. The maximum Gasteiger partial charge on any atom is 0.295 e. The van der Waals surface area contributed by atoms with E-state index in [1.807, 2.05) is 26.0 Å². The molecule has 2 aromatic heterocycles. The second-order valence-corrected chi connectivity index (χ2v) is 4.83. The number of H-pyrrole nitrogens is 2. The van der Waals surface area contributed by atoms with Gasteiger partial charge >= 0.3 is 0 Å². The fraction of sp³-hybridized carbons (Fsp3) is 0.231. The zero-order valence-corrected chi connectivity index (χ0v) is 11.1. The molecule has 3 N–H and O–H groups in total. The number of benzene rings is 1. The second kappa shape index (κ2) is 4.76. The Morgan fingerprint density at radius 1 is 1.30 bits per heavy atom. The van der Waals surface area contributed by atoms with Crippen molar-refractivity contribution >= 4 is 22.5 Å². The van der Waals surface area contributed by atoms with Crippen molar-refractivity contribution in [3.8, 4) is 0 Å². The number of rotatable bonds is 3. The van der Waals surface area contributed by atoms with E-state index in [1.165, 1.54) is 0 Å². The molecule has 0 aliphatic carbocycles. The van der Waals surface area contributed by atoms with Gasteiger partial charge in [0.1, 0.15) is 5.82 Å². The fourth-order valence-corrected chi connectivity index (χ4v) is 1.84. The molecule has 3 rings (SSSR count). The molecule has 0 aliphatic rings. The zero-order chi connectivity index (χ0) is 14.1. The number of carbonyl (C=O) groups is 1. The van der Waals surface area contributed by atoms with Gasteiger partial charge in [-0.3, -0.25) is 15.0 Å². The zero-order valence-electron chi connectivity index (χ0n) is 11.1. The summed E-state index contributed by atoms with van der Waals surface area (Å²) in [6, 6.07) is 5.50. The SMILES string of the molecule is CC(C)c1nc(C(=O)Nc2ccc3[nH]ncc3c2)n[nH]1. The van der Waals surface area contributed by atoms with Crippen molar-refractivity contribution in [3.63, 3.8) is 0 Å². The minimum Gasteiger partial charge on any atom is -0.319 e. The molecule has 0 aliphatic heterocycles. The third-order valence-corrected chi connectivity index (χ3v) is 2.95. The van der Waals surface area contributed by atoms with Crippen molar-refractivity contribution < 1.29 is 4.79 Å². The summed E-state index contributed by atoms with van der Waals surface area (Å²) < 4.78 is 0. The summed E-state index contributed by atoms with van der Waals surface area (Å²) in [5.74, 6) is 0.698. The quantitative estimate of drug-likeness (QED) is 0.678. The van der Waals surface area contributed by atoms with Crippen LogP contribution in [0.4, 0.5) is 5.69 Å². The molecule has 0 bridgehead atoms. The number of aromatic amines is 2. The van der Waals surface area contributed by atoms with Gasteiger partial charge in [-0.1, -0.05) is 13.8 Å². The van der Waals surface area contributed by atoms with Crippen LogP contribution in [-0.4, -0.2) is 31.3 Å². The number of carbonyl (C=O) groups excluding carboxylic acids is 1. The molecule has 1 amide bonds. The van der Waals surface area contributed by atoms with E-state index in [4.69, 9.17) is 0 Å². The number of anilines is 1. The molecule has 20 heavy (non-hydrogen) atoms. The van der Waals surface area contributed by atoms with Crippen molar-refractivity contribution in [2.24, 2.45) is 0 Å². The third-order valence-electron chi connectivity index (χ3n) is 2.95. The Balaban J connectivity index is 1.80. The van der Waals surface area contributed by atoms with Gasteiger partial charge in [-0.05, 0) is 18.2 Å². The van der Waals surface area contributed by atoms with Gasteiger partial charge < -0.3 is 5.32 Å². The lowest BCUT2D eigenvalue weighted by Gasteiger charge is -2.02. The van der Waals surface area contributed by atoms with Gasteiger partial charge in [0, 0.05) is 17.0 Å². The molecule has 0 saturated carbocycles. The molecule has 2 heterocycles. The second-order valence-electron chi connectivity index (χ2n) is 4.83. The lowest BCUT2D eigenvalue weighted by molar-refractivity contribution is 0.101. The van der Waals surface area contributed by atoms with E-state index < -0.39 is 0 Å². The maximum absolute atomic E-state index is 12.0. The van der Waals surface area contributed by atoms with E-state index in [0.717, 1.165) is 10.9 Å². The average molecular weight is 270 g/mol. The summed E-state index contributed by atoms with van der Waals surface area (Å²) in [4.78, 5) is 16.2. The molecule has 0 atom stereocenters. The molecular weight excluding hydrogens is 256 g/mol. The van der Waals surface area contributed by atoms with Crippen LogP contribution in [0.2, 0.25) is 0 Å². The number of hydrogen-bond acceptors (Lipinski definition) is 4. The summed E-state index contributed by atoms with van der Waals surface area (Å²) in [7, 11) is 0. The lowest BCUT2D eigenvalue weighted by Crippen LogP contribution is -2.13. The first-order valence-corrected chi connectivity index (χ1v) is 6.30. The molecule has 1 aromatic carbocycles. The molecule has 7 nitrogen and oxygen atoms in total. The maximum atomic E-state index is 12.0. The van der Waals surface area contributed by atoms with E-state index in [2.05, 4.69) is 30.7 Å². The first-order chi connectivity index (χ1) is 9.63. The van der Waals surface area contributed by atoms with Gasteiger partial charge in [-0.25, -0.2) is 4.98 Å². The summed E-state index contributed by atoms with van der Waals surface area (Å²) in [5.41, 5.74) is 1.60. The minimum absolute atomic E-state index is 0.140. The smallest absolute Gasteiger partial charge is 0.295 e. The summed E-state index contributed by atoms with van der Waals surface area (Å²) in [5, 5.41) is 17.2. The van der Waals surface area contributed by atoms with Gasteiger partial charge in [0.2, 0.25) is 5.82 Å². The fourth-order valence-electron chi connectivity index (χ4n) is 1.84. The van der Waals surface area contributed by atoms with E-state index in [1.54, 1.807) is 12.3 Å². The topological polar surface area (TPSA) is 99.3 Å². The number of aromatic nitrogens is 5. The summed E-state index contributed by atoms with van der Waals surface area (Å²) in [6.45, 7) is 3.96. The first-order valence-electron chi connectivity index (χ1n) is 6.30. The highest BCUT2D eigenvalue weighted by atomic mass is 16.2. The highest BCUT2D eigenvalue weighted by molar-refractivity contribution is 6.02. The number of hydrogen-bond donors (Lipinski definition) is 3. The van der Waals surface area contributed by atoms with Crippen LogP contribution in [-0.2, 0) is 0 Å². The van der Waals surface area contributed by atoms with Crippen LogP contribution in [0.25, 0.3) is 10.9 Å². The van der Waals surface area contributed by atoms with Gasteiger partial charge in [0.25, 0.3) is 5.91 Å². The largest absolute Gasteiger partial charge is 0.319 e. The monoisotopic (exact) mass is 270 g/mol. The Hall–Kier alpha value is -2.70. The molecular formula is C13H14N6O. The van der Waals surface area contributed by atoms with Gasteiger partial charge in [0.15, 0.2) is 0 Å². The van der Waals surface area contributed by atoms with E-state index >= 15 is 0 Å². The highest BCUT2D eigenvalue weighted by Crippen LogP contribution is 2.17. The molecule has 0 radical (unpaired) electrons. The Bertz CT molecular complexity index is 757. The molecule has 0 spiro atoms. The van der Waals surface area contributed by atoms with Crippen molar-refractivity contribution in [3.05, 3.63) is 36.0 Å². The third kappa shape index (κ3) is 2.25. The number of nitrogens with zero attached hydrogens (tertiary/aromatic N) is 3. The van der Waals surface area contributed by atoms with Gasteiger partial charge in [0.05, 0.1) is 11.7 Å². The van der Waals surface area contributed by atoms with E-state index in [0.29, 0.717) is 11.5 Å². The number of amides is 1.